The lowest BCUT2D eigenvalue weighted by atomic mass is 10.3. The molecular formula is C12H10Cl2N2O2S. The Hall–Kier alpha value is -1.14. The summed E-state index contributed by atoms with van der Waals surface area (Å²) in [5.41, 5.74) is 0.809. The molecule has 1 aromatic heterocycles. The number of hydrogen-bond donors (Lipinski definition) is 1. The van der Waals surface area contributed by atoms with E-state index in [0.29, 0.717) is 5.02 Å². The lowest BCUT2D eigenvalue weighted by molar-refractivity contribution is 0.581. The molecule has 1 heterocycles. The van der Waals surface area contributed by atoms with Crippen molar-refractivity contribution < 1.29 is 8.42 Å². The first kappa shape index (κ1) is 14.3. The van der Waals surface area contributed by atoms with Gasteiger partial charge in [-0.1, -0.05) is 23.2 Å². The van der Waals surface area contributed by atoms with E-state index >= 15 is 0 Å². The zero-order chi connectivity index (χ0) is 13.9. The Balaban J connectivity index is 2.19. The highest BCUT2D eigenvalue weighted by atomic mass is 35.5. The van der Waals surface area contributed by atoms with Crippen LogP contribution in [-0.4, -0.2) is 13.4 Å². The molecule has 7 heteroatoms. The first-order valence-electron chi connectivity index (χ1n) is 5.33. The first-order valence-corrected chi connectivity index (χ1v) is 7.56. The Morgan fingerprint density at radius 2 is 1.79 bits per heavy atom. The Morgan fingerprint density at radius 3 is 2.42 bits per heavy atom. The molecule has 0 aliphatic rings. The van der Waals surface area contributed by atoms with Crippen molar-refractivity contribution in [3.05, 3.63) is 58.3 Å². The van der Waals surface area contributed by atoms with Gasteiger partial charge in [0.05, 0.1) is 5.02 Å². The number of pyridine rings is 1. The maximum atomic E-state index is 12.1. The third kappa shape index (κ3) is 3.67. The Kier molecular flexibility index (Phi) is 4.42. The maximum Gasteiger partial charge on any atom is 0.242 e. The van der Waals surface area contributed by atoms with Crippen molar-refractivity contribution in [2.75, 3.05) is 0 Å². The number of halogens is 2. The smallest absolute Gasteiger partial charge is 0.242 e. The standard InChI is InChI=1S/C12H10Cl2N2O2S/c13-10-1-2-12(11(14)7-10)19(17,18)16-8-9-3-5-15-6-4-9/h1-7,16H,8H2. The molecule has 1 aromatic carbocycles. The average molecular weight is 317 g/mol. The van der Waals surface area contributed by atoms with Gasteiger partial charge in [-0.05, 0) is 35.9 Å². The molecule has 0 atom stereocenters. The van der Waals surface area contributed by atoms with E-state index in [0.717, 1.165) is 5.56 Å². The van der Waals surface area contributed by atoms with Crippen LogP contribution in [-0.2, 0) is 16.6 Å². The molecular weight excluding hydrogens is 307 g/mol. The van der Waals surface area contributed by atoms with Crippen molar-refractivity contribution in [2.45, 2.75) is 11.4 Å². The third-order valence-corrected chi connectivity index (χ3v) is 4.52. The van der Waals surface area contributed by atoms with Crippen LogP contribution in [0.2, 0.25) is 10.0 Å². The highest BCUT2D eigenvalue weighted by Crippen LogP contribution is 2.24. The molecule has 0 radical (unpaired) electrons. The van der Waals surface area contributed by atoms with E-state index in [1.165, 1.54) is 18.2 Å². The SMILES string of the molecule is O=S(=O)(NCc1ccncc1)c1ccc(Cl)cc1Cl. The van der Waals surface area contributed by atoms with Crippen LogP contribution in [0.1, 0.15) is 5.56 Å². The van der Waals surface area contributed by atoms with Crippen molar-refractivity contribution in [1.82, 2.24) is 9.71 Å². The molecule has 0 aliphatic carbocycles. The predicted molar refractivity (Wildman–Crippen MR) is 74.7 cm³/mol. The van der Waals surface area contributed by atoms with E-state index in [4.69, 9.17) is 23.2 Å². The molecule has 0 saturated heterocycles. The molecule has 0 fully saturated rings. The van der Waals surface area contributed by atoms with Gasteiger partial charge < -0.3 is 0 Å². The van der Waals surface area contributed by atoms with E-state index in [-0.39, 0.29) is 16.5 Å². The van der Waals surface area contributed by atoms with Crippen LogP contribution in [0.15, 0.2) is 47.6 Å². The van der Waals surface area contributed by atoms with Crippen LogP contribution in [0.5, 0.6) is 0 Å². The van der Waals surface area contributed by atoms with E-state index < -0.39 is 10.0 Å². The van der Waals surface area contributed by atoms with Gasteiger partial charge in [0.2, 0.25) is 10.0 Å². The number of benzene rings is 1. The van der Waals surface area contributed by atoms with Gasteiger partial charge in [0.15, 0.2) is 0 Å². The molecule has 0 unspecified atom stereocenters. The van der Waals surface area contributed by atoms with Gasteiger partial charge >= 0.3 is 0 Å². The van der Waals surface area contributed by atoms with Gasteiger partial charge in [0.1, 0.15) is 4.90 Å². The van der Waals surface area contributed by atoms with Crippen LogP contribution in [0.3, 0.4) is 0 Å². The number of sulfonamides is 1. The summed E-state index contributed by atoms with van der Waals surface area (Å²) in [6, 6.07) is 7.70. The minimum Gasteiger partial charge on any atom is -0.265 e. The normalized spacial score (nSPS) is 11.5. The van der Waals surface area contributed by atoms with Crippen molar-refractivity contribution in [3.63, 3.8) is 0 Å². The second kappa shape index (κ2) is 5.88. The molecule has 4 nitrogen and oxygen atoms in total. The summed E-state index contributed by atoms with van der Waals surface area (Å²) in [6.45, 7) is 0.170. The molecule has 0 saturated carbocycles. The summed E-state index contributed by atoms with van der Waals surface area (Å²) in [5.74, 6) is 0. The second-order valence-electron chi connectivity index (χ2n) is 3.75. The summed E-state index contributed by atoms with van der Waals surface area (Å²) >= 11 is 11.6. The van der Waals surface area contributed by atoms with Crippen LogP contribution in [0.4, 0.5) is 0 Å². The van der Waals surface area contributed by atoms with Crippen molar-refractivity contribution in [2.24, 2.45) is 0 Å². The largest absolute Gasteiger partial charge is 0.265 e. The van der Waals surface area contributed by atoms with Gasteiger partial charge in [0.25, 0.3) is 0 Å². The van der Waals surface area contributed by atoms with E-state index in [2.05, 4.69) is 9.71 Å². The van der Waals surface area contributed by atoms with Crippen molar-refractivity contribution >= 4 is 33.2 Å². The number of hydrogen-bond acceptors (Lipinski definition) is 3. The number of rotatable bonds is 4. The molecule has 100 valence electrons. The summed E-state index contributed by atoms with van der Waals surface area (Å²) in [6.07, 6.45) is 3.19. The zero-order valence-corrected chi connectivity index (χ0v) is 12.0. The predicted octanol–water partition coefficient (Wildman–Crippen LogP) is 2.87. The molecule has 0 spiro atoms. The van der Waals surface area contributed by atoms with Crippen molar-refractivity contribution in [1.29, 1.82) is 0 Å². The van der Waals surface area contributed by atoms with Gasteiger partial charge in [-0.2, -0.15) is 0 Å². The second-order valence-corrected chi connectivity index (χ2v) is 6.33. The minimum absolute atomic E-state index is 0.00706. The molecule has 0 bridgehead atoms. The van der Waals surface area contributed by atoms with Crippen molar-refractivity contribution in [3.8, 4) is 0 Å². The third-order valence-electron chi connectivity index (χ3n) is 2.40. The fourth-order valence-corrected chi connectivity index (χ4v) is 3.24. The average Bonchev–Trinajstić information content (AvgIpc) is 2.37. The van der Waals surface area contributed by atoms with Crippen LogP contribution < -0.4 is 4.72 Å². The summed E-state index contributed by atoms with van der Waals surface area (Å²) in [5, 5.41) is 0.479. The maximum absolute atomic E-state index is 12.1. The van der Waals surface area contributed by atoms with Crippen LogP contribution in [0.25, 0.3) is 0 Å². The molecule has 2 rings (SSSR count). The summed E-state index contributed by atoms with van der Waals surface area (Å²) in [7, 11) is -3.67. The monoisotopic (exact) mass is 316 g/mol. The fraction of sp³-hybridized carbons (Fsp3) is 0.0833. The fourth-order valence-electron chi connectivity index (χ4n) is 1.45. The van der Waals surface area contributed by atoms with E-state index in [9.17, 15) is 8.42 Å². The summed E-state index contributed by atoms with van der Waals surface area (Å²) in [4.78, 5) is 3.87. The quantitative estimate of drug-likeness (QED) is 0.943. The topological polar surface area (TPSA) is 59.1 Å². The molecule has 0 amide bonds. The lowest BCUT2D eigenvalue weighted by Gasteiger charge is -2.08. The molecule has 19 heavy (non-hydrogen) atoms. The Bertz CT molecular complexity index is 675. The minimum atomic E-state index is -3.67. The van der Waals surface area contributed by atoms with Gasteiger partial charge in [-0.15, -0.1) is 0 Å². The highest BCUT2D eigenvalue weighted by molar-refractivity contribution is 7.89. The summed E-state index contributed by atoms with van der Waals surface area (Å²) < 4.78 is 26.6. The highest BCUT2D eigenvalue weighted by Gasteiger charge is 2.17. The Labute approximate surface area is 121 Å². The number of aromatic nitrogens is 1. The Morgan fingerprint density at radius 1 is 1.11 bits per heavy atom. The number of nitrogens with zero attached hydrogens (tertiary/aromatic N) is 1. The lowest BCUT2D eigenvalue weighted by Crippen LogP contribution is -2.23. The van der Waals surface area contributed by atoms with E-state index in [1.54, 1.807) is 24.5 Å². The van der Waals surface area contributed by atoms with E-state index in [1.807, 2.05) is 0 Å². The number of nitrogens with one attached hydrogen (secondary N) is 1. The molecule has 2 aromatic rings. The van der Waals surface area contributed by atoms with Crippen LogP contribution >= 0.6 is 23.2 Å². The van der Waals surface area contributed by atoms with Gasteiger partial charge in [-0.3, -0.25) is 4.98 Å². The molecule has 0 aliphatic heterocycles. The zero-order valence-electron chi connectivity index (χ0n) is 9.68. The van der Waals surface area contributed by atoms with Gasteiger partial charge in [0, 0.05) is 24.0 Å². The van der Waals surface area contributed by atoms with Gasteiger partial charge in [-0.25, -0.2) is 13.1 Å². The molecule has 1 N–H and O–H groups in total. The first-order chi connectivity index (χ1) is 8.99. The van der Waals surface area contributed by atoms with Crippen LogP contribution in [0, 0.1) is 0 Å².